The molecule has 0 radical (unpaired) electrons. The van der Waals surface area contributed by atoms with Crippen LogP contribution in [0.1, 0.15) is 49.5 Å². The van der Waals surface area contributed by atoms with Crippen molar-refractivity contribution in [3.05, 3.63) is 52.5 Å². The summed E-state index contributed by atoms with van der Waals surface area (Å²) in [7, 11) is 0. The van der Waals surface area contributed by atoms with Crippen LogP contribution in [-0.2, 0) is 11.3 Å². The Morgan fingerprint density at radius 1 is 1.03 bits per heavy atom. The standard InChI is InChI=1S/C26H33ClN2O5/c1-4-32-22-14-18(15-23(33-5-2)24(22)34-6-3)16-28-25(30)19-10-9-13-29(17-19)26(31)20-11-7-8-12-21(20)27/h7-8,11-12,14-15,19H,4-6,9-10,13,16-17H2,1-3H3,(H,28,30)/t19-/m1/s1. The number of nitrogens with one attached hydrogen (secondary N) is 1. The minimum atomic E-state index is -0.277. The number of halogens is 1. The van der Waals surface area contributed by atoms with Crippen LogP contribution < -0.4 is 19.5 Å². The van der Waals surface area contributed by atoms with Crippen molar-refractivity contribution in [2.45, 2.75) is 40.2 Å². The van der Waals surface area contributed by atoms with Gasteiger partial charge in [-0.2, -0.15) is 0 Å². The van der Waals surface area contributed by atoms with Crippen LogP contribution in [0.4, 0.5) is 0 Å². The maximum Gasteiger partial charge on any atom is 0.255 e. The fourth-order valence-corrected chi connectivity index (χ4v) is 4.28. The first-order valence-electron chi connectivity index (χ1n) is 11.8. The molecule has 0 saturated carbocycles. The Balaban J connectivity index is 1.67. The van der Waals surface area contributed by atoms with Gasteiger partial charge in [-0.05, 0) is 63.4 Å². The predicted octanol–water partition coefficient (Wildman–Crippen LogP) is 4.70. The van der Waals surface area contributed by atoms with Crippen molar-refractivity contribution >= 4 is 23.4 Å². The largest absolute Gasteiger partial charge is 0.490 e. The van der Waals surface area contributed by atoms with Gasteiger partial charge in [0.05, 0.1) is 36.3 Å². The zero-order valence-electron chi connectivity index (χ0n) is 20.1. The average Bonchev–Trinajstić information content (AvgIpc) is 2.85. The lowest BCUT2D eigenvalue weighted by Gasteiger charge is -2.32. The lowest BCUT2D eigenvalue weighted by molar-refractivity contribution is -0.126. The van der Waals surface area contributed by atoms with E-state index in [1.807, 2.05) is 32.9 Å². The first kappa shape index (κ1) is 25.7. The molecule has 8 heteroatoms. The lowest BCUT2D eigenvalue weighted by Crippen LogP contribution is -2.45. The molecule has 0 aromatic heterocycles. The van der Waals surface area contributed by atoms with Crippen LogP contribution in [0.5, 0.6) is 17.2 Å². The van der Waals surface area contributed by atoms with E-state index in [-0.39, 0.29) is 17.7 Å². The molecule has 1 heterocycles. The summed E-state index contributed by atoms with van der Waals surface area (Å²) in [4.78, 5) is 27.6. The zero-order chi connectivity index (χ0) is 24.5. The Hall–Kier alpha value is -2.93. The van der Waals surface area contributed by atoms with E-state index in [0.29, 0.717) is 67.3 Å². The Morgan fingerprint density at radius 3 is 2.29 bits per heavy atom. The molecule has 0 spiro atoms. The number of hydrogen-bond acceptors (Lipinski definition) is 5. The first-order valence-corrected chi connectivity index (χ1v) is 12.2. The van der Waals surface area contributed by atoms with Crippen molar-refractivity contribution in [3.63, 3.8) is 0 Å². The van der Waals surface area contributed by atoms with E-state index in [2.05, 4.69) is 5.32 Å². The van der Waals surface area contributed by atoms with E-state index in [0.717, 1.165) is 18.4 Å². The van der Waals surface area contributed by atoms with Gasteiger partial charge in [0.2, 0.25) is 11.7 Å². The molecule has 7 nitrogen and oxygen atoms in total. The van der Waals surface area contributed by atoms with Gasteiger partial charge in [-0.15, -0.1) is 0 Å². The van der Waals surface area contributed by atoms with Gasteiger partial charge in [0.15, 0.2) is 11.5 Å². The van der Waals surface area contributed by atoms with Crippen LogP contribution in [0.2, 0.25) is 5.02 Å². The highest BCUT2D eigenvalue weighted by molar-refractivity contribution is 6.33. The van der Waals surface area contributed by atoms with Crippen molar-refractivity contribution in [2.24, 2.45) is 5.92 Å². The molecule has 1 aliphatic rings. The van der Waals surface area contributed by atoms with E-state index in [1.54, 1.807) is 29.2 Å². The van der Waals surface area contributed by atoms with Crippen LogP contribution in [-0.4, -0.2) is 49.6 Å². The van der Waals surface area contributed by atoms with Gasteiger partial charge < -0.3 is 24.4 Å². The number of piperidine rings is 1. The molecule has 1 N–H and O–H groups in total. The van der Waals surface area contributed by atoms with E-state index in [1.165, 1.54) is 0 Å². The van der Waals surface area contributed by atoms with Gasteiger partial charge in [-0.1, -0.05) is 23.7 Å². The highest BCUT2D eigenvalue weighted by Crippen LogP contribution is 2.39. The third kappa shape index (κ3) is 6.35. The van der Waals surface area contributed by atoms with Crippen molar-refractivity contribution < 1.29 is 23.8 Å². The minimum absolute atomic E-state index is 0.0820. The molecule has 3 rings (SSSR count). The summed E-state index contributed by atoms with van der Waals surface area (Å²) in [6.07, 6.45) is 1.50. The zero-order valence-corrected chi connectivity index (χ0v) is 20.8. The van der Waals surface area contributed by atoms with Crippen LogP contribution in [0.15, 0.2) is 36.4 Å². The second-order valence-electron chi connectivity index (χ2n) is 8.01. The van der Waals surface area contributed by atoms with Crippen molar-refractivity contribution in [3.8, 4) is 17.2 Å². The average molecular weight is 489 g/mol. The highest BCUT2D eigenvalue weighted by atomic mass is 35.5. The summed E-state index contributed by atoms with van der Waals surface area (Å²) in [6, 6.07) is 10.7. The molecule has 1 fully saturated rings. The first-order chi connectivity index (χ1) is 16.5. The summed E-state index contributed by atoms with van der Waals surface area (Å²) in [6.45, 7) is 8.48. The Labute approximate surface area is 206 Å². The number of carbonyl (C=O) groups is 2. The van der Waals surface area contributed by atoms with Gasteiger partial charge in [-0.3, -0.25) is 9.59 Å². The number of amides is 2. The molecule has 1 saturated heterocycles. The van der Waals surface area contributed by atoms with Crippen LogP contribution in [0.3, 0.4) is 0 Å². The quantitative estimate of drug-likeness (QED) is 0.524. The van der Waals surface area contributed by atoms with E-state index < -0.39 is 0 Å². The smallest absolute Gasteiger partial charge is 0.255 e. The molecular weight excluding hydrogens is 456 g/mol. The van der Waals surface area contributed by atoms with E-state index in [4.69, 9.17) is 25.8 Å². The maximum absolute atomic E-state index is 13.0. The van der Waals surface area contributed by atoms with Crippen molar-refractivity contribution in [2.75, 3.05) is 32.9 Å². The summed E-state index contributed by atoms with van der Waals surface area (Å²) in [5, 5.41) is 3.44. The van der Waals surface area contributed by atoms with Crippen LogP contribution in [0, 0.1) is 5.92 Å². The summed E-state index contributed by atoms with van der Waals surface area (Å²) in [5.74, 6) is 1.25. The Kier molecular flexibility index (Phi) is 9.45. The number of carbonyl (C=O) groups excluding carboxylic acids is 2. The summed E-state index contributed by atoms with van der Waals surface area (Å²) in [5.41, 5.74) is 1.31. The van der Waals surface area contributed by atoms with E-state index in [9.17, 15) is 9.59 Å². The van der Waals surface area contributed by atoms with Gasteiger partial charge in [0.25, 0.3) is 5.91 Å². The molecule has 0 unspecified atom stereocenters. The van der Waals surface area contributed by atoms with Crippen LogP contribution in [0.25, 0.3) is 0 Å². The molecule has 2 aromatic rings. The number of benzene rings is 2. The normalized spacial score (nSPS) is 15.5. The third-order valence-electron chi connectivity index (χ3n) is 5.62. The maximum atomic E-state index is 13.0. The predicted molar refractivity (Wildman–Crippen MR) is 132 cm³/mol. The minimum Gasteiger partial charge on any atom is -0.490 e. The van der Waals surface area contributed by atoms with Gasteiger partial charge in [0, 0.05) is 19.6 Å². The van der Waals surface area contributed by atoms with Gasteiger partial charge in [0.1, 0.15) is 0 Å². The molecule has 0 aliphatic carbocycles. The van der Waals surface area contributed by atoms with Crippen LogP contribution >= 0.6 is 11.6 Å². The van der Waals surface area contributed by atoms with Crippen molar-refractivity contribution in [1.82, 2.24) is 10.2 Å². The molecule has 2 aromatic carbocycles. The summed E-state index contributed by atoms with van der Waals surface area (Å²) < 4.78 is 17.3. The fourth-order valence-electron chi connectivity index (χ4n) is 4.06. The second kappa shape index (κ2) is 12.5. The number of ether oxygens (including phenoxy) is 3. The van der Waals surface area contributed by atoms with Gasteiger partial charge in [-0.25, -0.2) is 0 Å². The highest BCUT2D eigenvalue weighted by Gasteiger charge is 2.29. The molecule has 184 valence electrons. The lowest BCUT2D eigenvalue weighted by atomic mass is 9.96. The molecule has 34 heavy (non-hydrogen) atoms. The molecular formula is C26H33ClN2O5. The topological polar surface area (TPSA) is 77.1 Å². The number of likely N-dealkylation sites (tertiary alicyclic amines) is 1. The fraction of sp³-hybridized carbons (Fsp3) is 0.462. The molecule has 0 bridgehead atoms. The van der Waals surface area contributed by atoms with Crippen molar-refractivity contribution in [1.29, 1.82) is 0 Å². The molecule has 2 amide bonds. The molecule has 1 atom stereocenters. The second-order valence-corrected chi connectivity index (χ2v) is 8.42. The number of nitrogens with zero attached hydrogens (tertiary/aromatic N) is 1. The summed E-state index contributed by atoms with van der Waals surface area (Å²) >= 11 is 6.20. The SMILES string of the molecule is CCOc1cc(CNC(=O)[C@@H]2CCCN(C(=O)c3ccccc3Cl)C2)cc(OCC)c1OCC. The van der Waals surface area contributed by atoms with E-state index >= 15 is 0 Å². The van der Waals surface area contributed by atoms with Gasteiger partial charge >= 0.3 is 0 Å². The Morgan fingerprint density at radius 2 is 1.68 bits per heavy atom. The Bertz CT molecular complexity index is 970. The number of hydrogen-bond donors (Lipinski definition) is 1. The third-order valence-corrected chi connectivity index (χ3v) is 5.95. The number of rotatable bonds is 10. The monoisotopic (exact) mass is 488 g/mol. The molecule has 1 aliphatic heterocycles.